The summed E-state index contributed by atoms with van der Waals surface area (Å²) in [4.78, 5) is 0. The second kappa shape index (κ2) is 6.47. The largest absolute Gasteiger partial charge is 0.491 e. The molecule has 0 spiro atoms. The summed E-state index contributed by atoms with van der Waals surface area (Å²) in [6.07, 6.45) is 0. The first-order valence-corrected chi connectivity index (χ1v) is 7.02. The molecule has 112 valence electrons. The summed E-state index contributed by atoms with van der Waals surface area (Å²) in [7, 11) is -1.44. The molecule has 2 rings (SSSR count). The van der Waals surface area contributed by atoms with E-state index in [2.05, 4.69) is 0 Å². The zero-order valence-electron chi connectivity index (χ0n) is 12.7. The van der Waals surface area contributed by atoms with Crippen molar-refractivity contribution in [2.75, 3.05) is 13.2 Å². The molecule has 2 aromatic rings. The van der Waals surface area contributed by atoms with Gasteiger partial charge in [0.2, 0.25) is 0 Å². The van der Waals surface area contributed by atoms with Crippen LogP contribution >= 0.6 is 0 Å². The molecular formula is C16H21BO4. The van der Waals surface area contributed by atoms with E-state index in [1.807, 2.05) is 45.0 Å². The molecule has 0 aliphatic carbocycles. The van der Waals surface area contributed by atoms with Crippen molar-refractivity contribution in [2.24, 2.45) is 0 Å². The van der Waals surface area contributed by atoms with Gasteiger partial charge in [-0.05, 0) is 49.1 Å². The van der Waals surface area contributed by atoms with Crippen LogP contribution in [0.2, 0.25) is 0 Å². The number of hydrogen-bond acceptors (Lipinski definition) is 4. The van der Waals surface area contributed by atoms with E-state index in [1.165, 1.54) is 0 Å². The molecular weight excluding hydrogens is 267 g/mol. The SMILES string of the molecule is CC(C)(C)OCCOc1ccc2cc(B(O)O)ccc2c1. The van der Waals surface area contributed by atoms with Gasteiger partial charge in [-0.25, -0.2) is 0 Å². The number of fused-ring (bicyclic) bond motifs is 1. The van der Waals surface area contributed by atoms with E-state index in [9.17, 15) is 0 Å². The van der Waals surface area contributed by atoms with Crippen molar-refractivity contribution < 1.29 is 19.5 Å². The van der Waals surface area contributed by atoms with Crippen LogP contribution in [0.1, 0.15) is 20.8 Å². The molecule has 4 nitrogen and oxygen atoms in total. The molecule has 0 atom stereocenters. The summed E-state index contributed by atoms with van der Waals surface area (Å²) in [5.41, 5.74) is 0.323. The standard InChI is InChI=1S/C16H21BO4/c1-16(2,3)21-9-8-20-15-7-5-12-10-14(17(18)19)6-4-13(12)11-15/h4-7,10-11,18-19H,8-9H2,1-3H3. The highest BCUT2D eigenvalue weighted by Gasteiger charge is 2.11. The zero-order valence-corrected chi connectivity index (χ0v) is 12.7. The molecule has 0 fully saturated rings. The molecule has 0 radical (unpaired) electrons. The topological polar surface area (TPSA) is 58.9 Å². The van der Waals surface area contributed by atoms with E-state index in [1.54, 1.807) is 12.1 Å². The molecule has 5 heteroatoms. The van der Waals surface area contributed by atoms with Crippen LogP contribution < -0.4 is 10.2 Å². The number of ether oxygens (including phenoxy) is 2. The van der Waals surface area contributed by atoms with Gasteiger partial charge in [0.15, 0.2) is 0 Å². The molecule has 0 aliphatic heterocycles. The predicted molar refractivity (Wildman–Crippen MR) is 85.0 cm³/mol. The van der Waals surface area contributed by atoms with Crippen LogP contribution in [0.15, 0.2) is 36.4 Å². The summed E-state index contributed by atoms with van der Waals surface area (Å²) in [5, 5.41) is 20.3. The number of benzene rings is 2. The monoisotopic (exact) mass is 288 g/mol. The minimum atomic E-state index is -1.44. The van der Waals surface area contributed by atoms with Crippen LogP contribution in [0, 0.1) is 0 Å². The Morgan fingerprint density at radius 3 is 2.29 bits per heavy atom. The molecule has 0 amide bonds. The summed E-state index contributed by atoms with van der Waals surface area (Å²) in [5.74, 6) is 0.775. The summed E-state index contributed by atoms with van der Waals surface area (Å²) < 4.78 is 11.3. The zero-order chi connectivity index (χ0) is 15.5. The lowest BCUT2D eigenvalue weighted by atomic mass is 9.79. The van der Waals surface area contributed by atoms with Crippen molar-refractivity contribution in [1.82, 2.24) is 0 Å². The Morgan fingerprint density at radius 2 is 1.62 bits per heavy atom. The van der Waals surface area contributed by atoms with Gasteiger partial charge in [-0.2, -0.15) is 0 Å². The second-order valence-corrected chi connectivity index (χ2v) is 5.95. The molecule has 0 aliphatic rings. The van der Waals surface area contributed by atoms with Crippen LogP contribution in [-0.4, -0.2) is 36.0 Å². The molecule has 0 bridgehead atoms. The normalized spacial score (nSPS) is 11.7. The van der Waals surface area contributed by atoms with Gasteiger partial charge < -0.3 is 19.5 Å². The lowest BCUT2D eigenvalue weighted by Gasteiger charge is -2.19. The van der Waals surface area contributed by atoms with Crippen molar-refractivity contribution in [3.8, 4) is 5.75 Å². The highest BCUT2D eigenvalue weighted by atomic mass is 16.5. The van der Waals surface area contributed by atoms with Crippen molar-refractivity contribution >= 4 is 23.4 Å². The van der Waals surface area contributed by atoms with Gasteiger partial charge in [0.25, 0.3) is 0 Å². The Bertz CT molecular complexity index is 605. The molecule has 0 unspecified atom stereocenters. The van der Waals surface area contributed by atoms with E-state index >= 15 is 0 Å². The van der Waals surface area contributed by atoms with Crippen molar-refractivity contribution in [3.05, 3.63) is 36.4 Å². The first-order chi connectivity index (χ1) is 9.85. The van der Waals surface area contributed by atoms with Crippen molar-refractivity contribution in [2.45, 2.75) is 26.4 Å². The van der Waals surface area contributed by atoms with Crippen molar-refractivity contribution in [3.63, 3.8) is 0 Å². The average Bonchev–Trinajstić information content (AvgIpc) is 2.41. The Balaban J connectivity index is 2.01. The lowest BCUT2D eigenvalue weighted by Crippen LogP contribution is -2.29. The third kappa shape index (κ3) is 4.74. The van der Waals surface area contributed by atoms with Gasteiger partial charge >= 0.3 is 7.12 Å². The first-order valence-electron chi connectivity index (χ1n) is 7.02. The van der Waals surface area contributed by atoms with E-state index in [4.69, 9.17) is 19.5 Å². The fraction of sp³-hybridized carbons (Fsp3) is 0.375. The predicted octanol–water partition coefficient (Wildman–Crippen LogP) is 1.71. The fourth-order valence-corrected chi connectivity index (χ4v) is 2.00. The molecule has 0 saturated carbocycles. The molecule has 2 aromatic carbocycles. The summed E-state index contributed by atoms with van der Waals surface area (Å²) in [6, 6.07) is 11.0. The Kier molecular flexibility index (Phi) is 4.88. The van der Waals surface area contributed by atoms with E-state index < -0.39 is 7.12 Å². The lowest BCUT2D eigenvalue weighted by molar-refractivity contribution is -0.0162. The maximum absolute atomic E-state index is 9.16. The molecule has 0 heterocycles. The minimum Gasteiger partial charge on any atom is -0.491 e. The number of rotatable bonds is 5. The Hall–Kier alpha value is -1.56. The molecule has 2 N–H and O–H groups in total. The van der Waals surface area contributed by atoms with Crippen LogP contribution in [0.3, 0.4) is 0 Å². The van der Waals surface area contributed by atoms with Gasteiger partial charge in [0.05, 0.1) is 12.2 Å². The Labute approximate surface area is 125 Å². The molecule has 0 aromatic heterocycles. The quantitative estimate of drug-likeness (QED) is 0.649. The van der Waals surface area contributed by atoms with Crippen LogP contribution in [0.5, 0.6) is 5.75 Å². The Morgan fingerprint density at radius 1 is 0.952 bits per heavy atom. The molecule has 21 heavy (non-hydrogen) atoms. The summed E-state index contributed by atoms with van der Waals surface area (Å²) >= 11 is 0. The van der Waals surface area contributed by atoms with Crippen molar-refractivity contribution in [1.29, 1.82) is 0 Å². The average molecular weight is 288 g/mol. The maximum Gasteiger partial charge on any atom is 0.488 e. The highest BCUT2D eigenvalue weighted by Crippen LogP contribution is 2.20. The van der Waals surface area contributed by atoms with E-state index in [0.29, 0.717) is 18.7 Å². The van der Waals surface area contributed by atoms with Crippen LogP contribution in [0.25, 0.3) is 10.8 Å². The smallest absolute Gasteiger partial charge is 0.488 e. The third-order valence-electron chi connectivity index (χ3n) is 3.02. The van der Waals surface area contributed by atoms with Gasteiger partial charge in [-0.15, -0.1) is 0 Å². The van der Waals surface area contributed by atoms with Gasteiger partial charge in [-0.3, -0.25) is 0 Å². The van der Waals surface area contributed by atoms with E-state index in [-0.39, 0.29) is 5.60 Å². The first kappa shape index (κ1) is 15.8. The number of hydrogen-bond donors (Lipinski definition) is 2. The second-order valence-electron chi connectivity index (χ2n) is 5.95. The van der Waals surface area contributed by atoms with Gasteiger partial charge in [0.1, 0.15) is 12.4 Å². The third-order valence-corrected chi connectivity index (χ3v) is 3.02. The van der Waals surface area contributed by atoms with Crippen LogP contribution in [0.4, 0.5) is 0 Å². The molecule has 0 saturated heterocycles. The van der Waals surface area contributed by atoms with Gasteiger partial charge in [-0.1, -0.05) is 24.3 Å². The highest BCUT2D eigenvalue weighted by molar-refractivity contribution is 6.58. The van der Waals surface area contributed by atoms with Crippen LogP contribution in [-0.2, 0) is 4.74 Å². The van der Waals surface area contributed by atoms with Gasteiger partial charge in [0, 0.05) is 0 Å². The fourth-order valence-electron chi connectivity index (χ4n) is 2.00. The minimum absolute atomic E-state index is 0.158. The maximum atomic E-state index is 9.16. The summed E-state index contributed by atoms with van der Waals surface area (Å²) in [6.45, 7) is 7.07. The van der Waals surface area contributed by atoms with E-state index in [0.717, 1.165) is 16.5 Å².